The van der Waals surface area contributed by atoms with Gasteiger partial charge < -0.3 is 19.2 Å². The summed E-state index contributed by atoms with van der Waals surface area (Å²) in [4.78, 5) is 27.5. The molecule has 0 aromatic carbocycles. The Morgan fingerprint density at radius 3 is 3.00 bits per heavy atom. The van der Waals surface area contributed by atoms with E-state index >= 15 is 0 Å². The van der Waals surface area contributed by atoms with E-state index in [1.165, 1.54) is 0 Å². The van der Waals surface area contributed by atoms with Crippen LogP contribution in [0.5, 0.6) is 5.75 Å². The van der Waals surface area contributed by atoms with Crippen molar-refractivity contribution in [1.82, 2.24) is 9.97 Å². The van der Waals surface area contributed by atoms with Gasteiger partial charge in [-0.1, -0.05) is 6.07 Å². The van der Waals surface area contributed by atoms with Crippen molar-refractivity contribution in [3.05, 3.63) is 64.8 Å². The fourth-order valence-electron chi connectivity index (χ4n) is 3.86. The summed E-state index contributed by atoms with van der Waals surface area (Å²) in [5.74, 6) is 0.198. The van der Waals surface area contributed by atoms with Crippen molar-refractivity contribution in [2.45, 2.75) is 19.9 Å². The molecule has 0 aliphatic carbocycles. The Morgan fingerprint density at radius 1 is 1.29 bits per heavy atom. The van der Waals surface area contributed by atoms with Gasteiger partial charge in [0.2, 0.25) is 5.88 Å². The van der Waals surface area contributed by atoms with Gasteiger partial charge in [0.1, 0.15) is 0 Å². The van der Waals surface area contributed by atoms with Crippen LogP contribution in [0.2, 0.25) is 0 Å². The Bertz CT molecular complexity index is 1230. The summed E-state index contributed by atoms with van der Waals surface area (Å²) in [6.07, 6.45) is 7.48. The van der Waals surface area contributed by atoms with Gasteiger partial charge in [-0.15, -0.1) is 0 Å². The Morgan fingerprint density at radius 2 is 2.13 bits per heavy atom. The lowest BCUT2D eigenvalue weighted by molar-refractivity contribution is 0.0523. The summed E-state index contributed by atoms with van der Waals surface area (Å²) in [6.45, 7) is 3.04. The van der Waals surface area contributed by atoms with Crippen LogP contribution in [-0.2, 0) is 17.7 Å². The molecule has 0 saturated heterocycles. The van der Waals surface area contributed by atoms with Gasteiger partial charge in [0.15, 0.2) is 22.9 Å². The molecular weight excluding hydrogens is 396 g/mol. The van der Waals surface area contributed by atoms with E-state index in [9.17, 15) is 9.90 Å². The number of nitrogens with zero attached hydrogens (tertiary/aromatic N) is 4. The predicted octanol–water partition coefficient (Wildman–Crippen LogP) is 3.77. The Hall–Kier alpha value is -3.94. The number of rotatable bonds is 4. The maximum Gasteiger partial charge on any atom is 0.347 e. The standard InChI is InChI=1S/C23H20N4O4/c1-2-30-23(29)19-20(28)18(11-15-12-26-21-16(15)6-4-9-25-21)31-22(19)27-10-7-17-14(13-27)5-3-8-24-17/h3-6,8-9,11-12,28H,2,7,10,13H2,1H3. The third-order valence-electron chi connectivity index (χ3n) is 5.33. The van der Waals surface area contributed by atoms with Crippen LogP contribution in [0.3, 0.4) is 0 Å². The van der Waals surface area contributed by atoms with E-state index in [1.807, 2.05) is 29.2 Å². The van der Waals surface area contributed by atoms with E-state index in [-0.39, 0.29) is 23.7 Å². The summed E-state index contributed by atoms with van der Waals surface area (Å²) in [5.41, 5.74) is 3.68. The third-order valence-corrected chi connectivity index (χ3v) is 5.33. The summed E-state index contributed by atoms with van der Waals surface area (Å²) in [5, 5.41) is 10.9. The second-order valence-corrected chi connectivity index (χ2v) is 7.23. The highest BCUT2D eigenvalue weighted by Gasteiger charge is 2.32. The van der Waals surface area contributed by atoms with Gasteiger partial charge in [0.25, 0.3) is 0 Å². The Labute approximate surface area is 178 Å². The lowest BCUT2D eigenvalue weighted by atomic mass is 10.1. The zero-order valence-corrected chi connectivity index (χ0v) is 16.9. The molecule has 5 rings (SSSR count). The van der Waals surface area contributed by atoms with Gasteiger partial charge >= 0.3 is 5.97 Å². The van der Waals surface area contributed by atoms with Gasteiger partial charge in [-0.05, 0) is 36.8 Å². The SMILES string of the molecule is CCOC(=O)c1c(N2CCc3ncccc3C2)oc(C=C2C=Nc3ncccc32)c1O. The lowest BCUT2D eigenvalue weighted by Crippen LogP contribution is -2.31. The number of furan rings is 1. The third kappa shape index (κ3) is 3.35. The van der Waals surface area contributed by atoms with Crippen LogP contribution in [0, 0.1) is 0 Å². The minimum Gasteiger partial charge on any atom is -0.504 e. The predicted molar refractivity (Wildman–Crippen MR) is 116 cm³/mol. The van der Waals surface area contributed by atoms with Crippen molar-refractivity contribution in [3.63, 3.8) is 0 Å². The van der Waals surface area contributed by atoms with Crippen molar-refractivity contribution in [3.8, 4) is 5.75 Å². The second-order valence-electron chi connectivity index (χ2n) is 7.23. The topological polar surface area (TPSA) is 101 Å². The smallest absolute Gasteiger partial charge is 0.347 e. The van der Waals surface area contributed by atoms with E-state index in [2.05, 4.69) is 15.0 Å². The molecule has 2 aliphatic rings. The Balaban J connectivity index is 1.57. The quantitative estimate of drug-likeness (QED) is 0.646. The van der Waals surface area contributed by atoms with Gasteiger partial charge in [-0.3, -0.25) is 4.98 Å². The first-order valence-electron chi connectivity index (χ1n) is 10.1. The summed E-state index contributed by atoms with van der Waals surface area (Å²) in [7, 11) is 0. The molecule has 156 valence electrons. The van der Waals surface area contributed by atoms with E-state index in [4.69, 9.17) is 9.15 Å². The number of anilines is 1. The number of ether oxygens (including phenoxy) is 1. The number of carbonyl (C=O) groups excluding carboxylic acids is 1. The number of aliphatic imine (C=N–C) groups is 1. The first-order valence-corrected chi connectivity index (χ1v) is 10.1. The van der Waals surface area contributed by atoms with Gasteiger partial charge in [-0.25, -0.2) is 14.8 Å². The molecule has 1 N–H and O–H groups in total. The molecule has 0 bridgehead atoms. The van der Waals surface area contributed by atoms with Crippen LogP contribution in [0.4, 0.5) is 11.7 Å². The number of aromatic nitrogens is 2. The molecule has 0 saturated carbocycles. The minimum atomic E-state index is -0.623. The number of allylic oxidation sites excluding steroid dienone is 1. The minimum absolute atomic E-state index is 0.0300. The maximum atomic E-state index is 12.7. The first-order chi connectivity index (χ1) is 15.2. The molecule has 0 amide bonds. The number of hydrogen-bond donors (Lipinski definition) is 1. The fraction of sp³-hybridized carbons (Fsp3) is 0.217. The molecule has 0 fully saturated rings. The number of carbonyl (C=O) groups is 1. The van der Waals surface area contributed by atoms with Crippen molar-refractivity contribution >= 4 is 35.5 Å². The van der Waals surface area contributed by atoms with Crippen molar-refractivity contribution in [2.24, 2.45) is 4.99 Å². The average Bonchev–Trinajstić information content (AvgIpc) is 3.35. The molecule has 31 heavy (non-hydrogen) atoms. The highest BCUT2D eigenvalue weighted by molar-refractivity contribution is 6.21. The number of pyridine rings is 2. The summed E-state index contributed by atoms with van der Waals surface area (Å²) >= 11 is 0. The van der Waals surface area contributed by atoms with Crippen LogP contribution in [0.25, 0.3) is 11.6 Å². The van der Waals surface area contributed by atoms with Crippen LogP contribution < -0.4 is 4.90 Å². The first kappa shape index (κ1) is 19.0. The van der Waals surface area contributed by atoms with Crippen LogP contribution in [0.15, 0.2) is 46.1 Å². The molecule has 0 spiro atoms. The van der Waals surface area contributed by atoms with E-state index in [0.717, 1.165) is 22.4 Å². The molecule has 2 aliphatic heterocycles. The molecule has 8 nitrogen and oxygen atoms in total. The molecule has 3 aromatic rings. The number of hydrogen-bond acceptors (Lipinski definition) is 8. The summed E-state index contributed by atoms with van der Waals surface area (Å²) < 4.78 is 11.2. The van der Waals surface area contributed by atoms with E-state index < -0.39 is 5.97 Å². The largest absolute Gasteiger partial charge is 0.504 e. The normalized spacial score (nSPS) is 15.8. The zero-order valence-electron chi connectivity index (χ0n) is 16.9. The van der Waals surface area contributed by atoms with Crippen LogP contribution >= 0.6 is 0 Å². The zero-order chi connectivity index (χ0) is 21.4. The number of esters is 1. The average molecular weight is 416 g/mol. The molecule has 0 radical (unpaired) electrons. The Kier molecular flexibility index (Phi) is 4.74. The molecule has 0 atom stereocenters. The van der Waals surface area contributed by atoms with Gasteiger partial charge in [0.05, 0.1) is 6.61 Å². The van der Waals surface area contributed by atoms with Crippen LogP contribution in [-0.4, -0.2) is 40.4 Å². The molecule has 5 heterocycles. The monoisotopic (exact) mass is 416 g/mol. The molecule has 8 heteroatoms. The number of aromatic hydroxyl groups is 1. The number of fused-ring (bicyclic) bond motifs is 2. The fourth-order valence-corrected chi connectivity index (χ4v) is 3.86. The maximum absolute atomic E-state index is 12.7. The highest BCUT2D eigenvalue weighted by Crippen LogP contribution is 2.41. The summed E-state index contributed by atoms with van der Waals surface area (Å²) in [6, 6.07) is 7.60. The van der Waals surface area contributed by atoms with E-state index in [1.54, 1.807) is 31.6 Å². The van der Waals surface area contributed by atoms with E-state index in [0.29, 0.717) is 31.2 Å². The van der Waals surface area contributed by atoms with Crippen molar-refractivity contribution < 1.29 is 19.1 Å². The van der Waals surface area contributed by atoms with Crippen molar-refractivity contribution in [2.75, 3.05) is 18.1 Å². The lowest BCUT2D eigenvalue weighted by Gasteiger charge is -2.28. The van der Waals surface area contributed by atoms with Crippen molar-refractivity contribution in [1.29, 1.82) is 0 Å². The van der Waals surface area contributed by atoms with Gasteiger partial charge in [0, 0.05) is 54.9 Å². The van der Waals surface area contributed by atoms with Crippen LogP contribution in [0.1, 0.15) is 39.9 Å². The molecular formula is C23H20N4O4. The molecule has 0 unspecified atom stereocenters. The second kappa shape index (κ2) is 7.71. The molecule has 3 aromatic heterocycles. The van der Waals surface area contributed by atoms with Gasteiger partial charge in [-0.2, -0.15) is 0 Å². The highest BCUT2D eigenvalue weighted by atomic mass is 16.5.